The number of methoxy groups -OCH3 is 1. The highest BCUT2D eigenvalue weighted by molar-refractivity contribution is 7.94. The summed E-state index contributed by atoms with van der Waals surface area (Å²) < 4.78 is 32.4. The molecule has 0 saturated heterocycles. The summed E-state index contributed by atoms with van der Waals surface area (Å²) in [6.45, 7) is 1.89. The predicted octanol–water partition coefficient (Wildman–Crippen LogP) is 4.05. The van der Waals surface area contributed by atoms with Crippen molar-refractivity contribution in [1.82, 2.24) is 5.32 Å². The summed E-state index contributed by atoms with van der Waals surface area (Å²) in [5, 5.41) is 4.62. The zero-order valence-corrected chi connectivity index (χ0v) is 17.0. The van der Waals surface area contributed by atoms with Crippen molar-refractivity contribution >= 4 is 33.0 Å². The maximum Gasteiger partial charge on any atom is 0.271 e. The fourth-order valence-corrected chi connectivity index (χ4v) is 4.62. The first-order chi connectivity index (χ1) is 13.4. The van der Waals surface area contributed by atoms with E-state index in [2.05, 4.69) is 10.0 Å². The molecule has 3 rings (SSSR count). The maximum absolute atomic E-state index is 12.5. The second-order valence-corrected chi connectivity index (χ2v) is 8.94. The molecule has 1 amide bonds. The molecule has 3 aromatic rings. The molecule has 6 nitrogen and oxygen atoms in total. The highest BCUT2D eigenvalue weighted by Gasteiger charge is 2.16. The molecule has 2 aromatic carbocycles. The summed E-state index contributed by atoms with van der Waals surface area (Å²) in [7, 11) is -2.00. The van der Waals surface area contributed by atoms with Gasteiger partial charge in [0.2, 0.25) is 0 Å². The molecule has 1 heterocycles. The number of carbonyl (C=O) groups excluding carboxylic acids is 1. The number of hydrogen-bond acceptors (Lipinski definition) is 5. The molecule has 0 radical (unpaired) electrons. The molecule has 0 saturated carbocycles. The predicted molar refractivity (Wildman–Crippen MR) is 110 cm³/mol. The van der Waals surface area contributed by atoms with E-state index in [-0.39, 0.29) is 16.2 Å². The molecule has 28 heavy (non-hydrogen) atoms. The van der Waals surface area contributed by atoms with Crippen molar-refractivity contribution in [3.8, 4) is 5.75 Å². The van der Waals surface area contributed by atoms with Crippen molar-refractivity contribution in [2.45, 2.75) is 17.2 Å². The van der Waals surface area contributed by atoms with Crippen molar-refractivity contribution in [3.05, 3.63) is 77.2 Å². The van der Waals surface area contributed by atoms with E-state index in [1.807, 2.05) is 31.2 Å². The van der Waals surface area contributed by atoms with E-state index in [9.17, 15) is 13.2 Å². The van der Waals surface area contributed by atoms with Gasteiger partial charge in [0, 0.05) is 11.3 Å². The first kappa shape index (κ1) is 19.9. The van der Waals surface area contributed by atoms with Crippen LogP contribution in [0.2, 0.25) is 0 Å². The van der Waals surface area contributed by atoms with Gasteiger partial charge in [-0.25, -0.2) is 8.42 Å². The second-order valence-electron chi connectivity index (χ2n) is 6.08. The number of nitrogens with one attached hydrogen (secondary N) is 2. The van der Waals surface area contributed by atoms with E-state index >= 15 is 0 Å². The Morgan fingerprint density at radius 1 is 1.04 bits per heavy atom. The molecular formula is C20H20N2O4S2. The molecule has 8 heteroatoms. The number of amides is 1. The van der Waals surface area contributed by atoms with Crippen LogP contribution < -0.4 is 14.8 Å². The number of rotatable bonds is 7. The Bertz CT molecular complexity index is 1030. The van der Waals surface area contributed by atoms with Crippen LogP contribution in [0.25, 0.3) is 0 Å². The van der Waals surface area contributed by atoms with Gasteiger partial charge in [-0.2, -0.15) is 0 Å². The second kappa shape index (κ2) is 8.45. The van der Waals surface area contributed by atoms with E-state index in [1.54, 1.807) is 42.8 Å². The fraction of sp³-hybridized carbons (Fsp3) is 0.150. The summed E-state index contributed by atoms with van der Waals surface area (Å²) in [6, 6.07) is 16.8. The van der Waals surface area contributed by atoms with E-state index in [1.165, 1.54) is 6.07 Å². The van der Waals surface area contributed by atoms with Crippen LogP contribution in [0.4, 0.5) is 5.69 Å². The minimum atomic E-state index is -3.61. The monoisotopic (exact) mass is 416 g/mol. The molecule has 0 spiro atoms. The van der Waals surface area contributed by atoms with Gasteiger partial charge in [-0.3, -0.25) is 9.52 Å². The number of benzene rings is 2. The van der Waals surface area contributed by atoms with Crippen LogP contribution in [0.15, 0.2) is 70.3 Å². The molecule has 1 aromatic heterocycles. The van der Waals surface area contributed by atoms with Gasteiger partial charge in [-0.1, -0.05) is 18.2 Å². The minimum absolute atomic E-state index is 0.185. The van der Waals surface area contributed by atoms with Crippen molar-refractivity contribution in [3.63, 3.8) is 0 Å². The van der Waals surface area contributed by atoms with E-state index < -0.39 is 10.0 Å². The molecule has 0 aliphatic carbocycles. The molecule has 1 atom stereocenters. The fourth-order valence-electron chi connectivity index (χ4n) is 2.57. The van der Waals surface area contributed by atoms with Crippen LogP contribution in [0.1, 0.15) is 28.9 Å². The van der Waals surface area contributed by atoms with Crippen molar-refractivity contribution < 1.29 is 17.9 Å². The van der Waals surface area contributed by atoms with Crippen LogP contribution in [0.5, 0.6) is 5.75 Å². The highest BCUT2D eigenvalue weighted by atomic mass is 32.2. The molecule has 2 N–H and O–H groups in total. The Balaban J connectivity index is 1.64. The number of carbonyl (C=O) groups is 1. The lowest BCUT2D eigenvalue weighted by Gasteiger charge is -2.15. The average molecular weight is 417 g/mol. The maximum atomic E-state index is 12.5. The Morgan fingerprint density at radius 2 is 1.71 bits per heavy atom. The normalized spacial score (nSPS) is 12.2. The molecule has 1 unspecified atom stereocenters. The highest BCUT2D eigenvalue weighted by Crippen LogP contribution is 2.21. The quantitative estimate of drug-likeness (QED) is 0.609. The Morgan fingerprint density at radius 3 is 2.29 bits per heavy atom. The Kier molecular flexibility index (Phi) is 6.01. The summed E-state index contributed by atoms with van der Waals surface area (Å²) >= 11 is 1.14. The van der Waals surface area contributed by atoms with Gasteiger partial charge in [0.1, 0.15) is 9.96 Å². The van der Waals surface area contributed by atoms with Crippen LogP contribution in [0, 0.1) is 0 Å². The van der Waals surface area contributed by atoms with Crippen LogP contribution in [-0.2, 0) is 10.0 Å². The Hall–Kier alpha value is -2.84. The first-order valence-electron chi connectivity index (χ1n) is 8.50. The molecule has 146 valence electrons. The summed E-state index contributed by atoms with van der Waals surface area (Å²) in [4.78, 5) is 12.5. The molecule has 0 bridgehead atoms. The largest absolute Gasteiger partial charge is 0.497 e. The van der Waals surface area contributed by atoms with Gasteiger partial charge in [-0.05, 0) is 60.3 Å². The SMILES string of the molecule is COc1ccc(C(C)NC(=O)c2ccc(NS(=O)(=O)c3cccs3)cc2)cc1. The van der Waals surface area contributed by atoms with Crippen LogP contribution in [0.3, 0.4) is 0 Å². The molecule has 0 fully saturated rings. The third-order valence-electron chi connectivity index (χ3n) is 4.12. The van der Waals surface area contributed by atoms with Crippen LogP contribution >= 0.6 is 11.3 Å². The average Bonchev–Trinajstić information content (AvgIpc) is 3.24. The van der Waals surface area contributed by atoms with Gasteiger partial charge in [-0.15, -0.1) is 11.3 Å². The van der Waals surface area contributed by atoms with E-state index in [0.29, 0.717) is 11.3 Å². The topological polar surface area (TPSA) is 84.5 Å². The first-order valence-corrected chi connectivity index (χ1v) is 10.9. The lowest BCUT2D eigenvalue weighted by molar-refractivity contribution is 0.0940. The van der Waals surface area contributed by atoms with Crippen LogP contribution in [-0.4, -0.2) is 21.4 Å². The lowest BCUT2D eigenvalue weighted by Crippen LogP contribution is -2.26. The van der Waals surface area contributed by atoms with Gasteiger partial charge < -0.3 is 10.1 Å². The summed E-state index contributed by atoms with van der Waals surface area (Å²) in [5.74, 6) is 0.513. The third-order valence-corrected chi connectivity index (χ3v) is 6.90. The van der Waals surface area contributed by atoms with E-state index in [4.69, 9.17) is 4.74 Å². The Labute approximate surface area is 168 Å². The number of thiophene rings is 1. The zero-order valence-electron chi connectivity index (χ0n) is 15.4. The van der Waals surface area contributed by atoms with Gasteiger partial charge in [0.25, 0.3) is 15.9 Å². The number of sulfonamides is 1. The zero-order chi connectivity index (χ0) is 20.1. The smallest absolute Gasteiger partial charge is 0.271 e. The lowest BCUT2D eigenvalue weighted by atomic mass is 10.1. The van der Waals surface area contributed by atoms with Gasteiger partial charge in [0.15, 0.2) is 0 Å². The van der Waals surface area contributed by atoms with Gasteiger partial charge >= 0.3 is 0 Å². The van der Waals surface area contributed by atoms with Crippen molar-refractivity contribution in [2.24, 2.45) is 0 Å². The summed E-state index contributed by atoms with van der Waals surface area (Å²) in [5.41, 5.74) is 1.79. The summed E-state index contributed by atoms with van der Waals surface area (Å²) in [6.07, 6.45) is 0. The molecule has 0 aliphatic rings. The standard InChI is InChI=1S/C20H20N2O4S2/c1-14(15-7-11-18(26-2)12-8-15)21-20(23)16-5-9-17(10-6-16)22-28(24,25)19-4-3-13-27-19/h3-14,22H,1-2H3,(H,21,23). The van der Waals surface area contributed by atoms with E-state index in [0.717, 1.165) is 22.6 Å². The molecular weight excluding hydrogens is 396 g/mol. The van der Waals surface area contributed by atoms with Gasteiger partial charge in [0.05, 0.1) is 13.2 Å². The minimum Gasteiger partial charge on any atom is -0.497 e. The van der Waals surface area contributed by atoms with Crippen molar-refractivity contribution in [1.29, 1.82) is 0 Å². The number of anilines is 1. The third kappa shape index (κ3) is 4.71. The van der Waals surface area contributed by atoms with Crippen molar-refractivity contribution in [2.75, 3.05) is 11.8 Å². The number of ether oxygens (including phenoxy) is 1. The molecule has 0 aliphatic heterocycles. The number of hydrogen-bond donors (Lipinski definition) is 2.